The molecule has 3 aromatic rings. The number of furan rings is 1. The lowest BCUT2D eigenvalue weighted by Gasteiger charge is -2.18. The fraction of sp³-hybridized carbons (Fsp3) is 0.440. The monoisotopic (exact) mass is 553 g/mol. The third-order valence-corrected chi connectivity index (χ3v) is 9.99. The molecule has 0 fully saturated rings. The number of fused-ring (bicyclic) bond motifs is 1. The van der Waals surface area contributed by atoms with Crippen molar-refractivity contribution < 1.29 is 30.4 Å². The van der Waals surface area contributed by atoms with E-state index in [1.807, 2.05) is 6.92 Å². The maximum atomic E-state index is 13.4. The van der Waals surface area contributed by atoms with Gasteiger partial charge >= 0.3 is 0 Å². The van der Waals surface area contributed by atoms with Crippen molar-refractivity contribution in [3.8, 4) is 11.3 Å². The molecule has 0 unspecified atom stereocenters. The first-order valence-corrected chi connectivity index (χ1v) is 15.2. The van der Waals surface area contributed by atoms with Gasteiger partial charge in [-0.2, -0.15) is 4.98 Å². The van der Waals surface area contributed by atoms with Crippen LogP contribution in [-0.4, -0.2) is 51.0 Å². The second kappa shape index (κ2) is 10.8. The molecule has 1 amide bonds. The van der Waals surface area contributed by atoms with Crippen LogP contribution in [0, 0.1) is 5.82 Å². The molecule has 0 saturated heterocycles. The summed E-state index contributed by atoms with van der Waals surface area (Å²) in [6.45, 7) is 6.65. The molecule has 3 rings (SSSR count). The molecule has 202 valence electrons. The van der Waals surface area contributed by atoms with Crippen molar-refractivity contribution in [3.63, 3.8) is 0 Å². The van der Waals surface area contributed by atoms with Crippen LogP contribution >= 0.6 is 0 Å². The fourth-order valence-corrected chi connectivity index (χ4v) is 6.02. The summed E-state index contributed by atoms with van der Waals surface area (Å²) in [6.07, 6.45) is 0.780. The number of nitrogens with one attached hydrogen (secondary N) is 2. The number of sulfonamides is 1. The van der Waals surface area contributed by atoms with E-state index in [4.69, 9.17) is 4.42 Å². The molecule has 2 heterocycles. The van der Waals surface area contributed by atoms with E-state index in [1.54, 1.807) is 26.8 Å². The molecule has 0 aliphatic rings. The van der Waals surface area contributed by atoms with E-state index in [-0.39, 0.29) is 47.2 Å². The summed E-state index contributed by atoms with van der Waals surface area (Å²) in [7, 11) is -5.71. The standard InChI is InChI=1S/C25H32FN3O6S2/c1-6-16-15-19-20(23(30)27-5)21(17-9-11-18(26)12-10-17)35-24(19)28-22(16)29-37(33,34)14-8-7-13-36(31,32)25(2,3)4/h9-12,15H,6-8,13-14H2,1-5H3,(H,27,30)(H,28,29). The first kappa shape index (κ1) is 28.6. The largest absolute Gasteiger partial charge is 0.437 e. The van der Waals surface area contributed by atoms with Crippen molar-refractivity contribution >= 4 is 42.7 Å². The number of pyridine rings is 1. The maximum Gasteiger partial charge on any atom is 0.255 e. The number of hydrogen-bond acceptors (Lipinski definition) is 7. The Labute approximate surface area is 216 Å². The van der Waals surface area contributed by atoms with Gasteiger partial charge in [0.15, 0.2) is 9.84 Å². The molecule has 2 aromatic heterocycles. The van der Waals surface area contributed by atoms with E-state index >= 15 is 0 Å². The van der Waals surface area contributed by atoms with Crippen LogP contribution in [0.15, 0.2) is 34.7 Å². The number of hydrogen-bond donors (Lipinski definition) is 2. The van der Waals surface area contributed by atoms with Gasteiger partial charge in [0.25, 0.3) is 5.91 Å². The molecule has 37 heavy (non-hydrogen) atoms. The smallest absolute Gasteiger partial charge is 0.255 e. The van der Waals surface area contributed by atoms with Crippen molar-refractivity contribution in [3.05, 3.63) is 47.3 Å². The minimum absolute atomic E-state index is 0.0455. The molecular formula is C25H32FN3O6S2. The van der Waals surface area contributed by atoms with Gasteiger partial charge in [-0.15, -0.1) is 0 Å². The van der Waals surface area contributed by atoms with Crippen LogP contribution in [0.1, 0.15) is 56.5 Å². The molecule has 0 aliphatic heterocycles. The van der Waals surface area contributed by atoms with Gasteiger partial charge in [0.2, 0.25) is 15.7 Å². The average molecular weight is 554 g/mol. The number of rotatable bonds is 10. The Kier molecular flexibility index (Phi) is 8.33. The topological polar surface area (TPSA) is 135 Å². The lowest BCUT2D eigenvalue weighted by atomic mass is 10.0. The number of aryl methyl sites for hydroxylation is 1. The predicted octanol–water partition coefficient (Wildman–Crippen LogP) is 4.29. The van der Waals surface area contributed by atoms with E-state index < -0.39 is 36.3 Å². The Morgan fingerprint density at radius 2 is 1.68 bits per heavy atom. The van der Waals surface area contributed by atoms with Crippen LogP contribution in [0.3, 0.4) is 0 Å². The lowest BCUT2D eigenvalue weighted by molar-refractivity contribution is 0.0964. The van der Waals surface area contributed by atoms with E-state index in [0.717, 1.165) is 0 Å². The molecule has 1 aromatic carbocycles. The number of carbonyl (C=O) groups is 1. The van der Waals surface area contributed by atoms with Crippen molar-refractivity contribution in [1.82, 2.24) is 10.3 Å². The van der Waals surface area contributed by atoms with Gasteiger partial charge in [0.05, 0.1) is 27.2 Å². The number of amides is 1. The van der Waals surface area contributed by atoms with Gasteiger partial charge < -0.3 is 9.73 Å². The highest BCUT2D eigenvalue weighted by Gasteiger charge is 2.28. The SMILES string of the molecule is CCc1cc2c(C(=O)NC)c(-c3ccc(F)cc3)oc2nc1NS(=O)(=O)CCCCS(=O)(=O)C(C)(C)C. The molecule has 0 aliphatic carbocycles. The van der Waals surface area contributed by atoms with Crippen molar-refractivity contribution in [2.75, 3.05) is 23.3 Å². The Bertz CT molecular complexity index is 1510. The normalized spacial score (nSPS) is 12.6. The van der Waals surface area contributed by atoms with Crippen molar-refractivity contribution in [1.29, 1.82) is 0 Å². The number of aromatic nitrogens is 1. The number of unbranched alkanes of at least 4 members (excludes halogenated alkanes) is 1. The van der Waals surface area contributed by atoms with Crippen molar-refractivity contribution in [2.24, 2.45) is 0 Å². The van der Waals surface area contributed by atoms with Gasteiger partial charge in [-0.1, -0.05) is 6.92 Å². The van der Waals surface area contributed by atoms with Crippen LogP contribution < -0.4 is 10.0 Å². The molecule has 2 N–H and O–H groups in total. The zero-order valence-electron chi connectivity index (χ0n) is 21.5. The number of carbonyl (C=O) groups excluding carboxylic acids is 1. The van der Waals surface area contributed by atoms with Crippen LogP contribution in [-0.2, 0) is 26.3 Å². The van der Waals surface area contributed by atoms with Crippen molar-refractivity contribution in [2.45, 2.75) is 51.7 Å². The second-order valence-electron chi connectivity index (χ2n) is 9.65. The van der Waals surface area contributed by atoms with Crippen LogP contribution in [0.25, 0.3) is 22.4 Å². The molecular weight excluding hydrogens is 521 g/mol. The summed E-state index contributed by atoms with van der Waals surface area (Å²) in [5.41, 5.74) is 1.26. The summed E-state index contributed by atoms with van der Waals surface area (Å²) in [5, 5.41) is 2.96. The summed E-state index contributed by atoms with van der Waals surface area (Å²) in [5.74, 6) is -1.00. The minimum Gasteiger partial charge on any atom is -0.437 e. The second-order valence-corrected chi connectivity index (χ2v) is 14.4. The molecule has 0 atom stereocenters. The zero-order valence-corrected chi connectivity index (χ0v) is 23.1. The summed E-state index contributed by atoms with van der Waals surface area (Å²) in [4.78, 5) is 17.1. The Morgan fingerprint density at radius 3 is 2.24 bits per heavy atom. The number of benzene rings is 1. The lowest BCUT2D eigenvalue weighted by Crippen LogP contribution is -2.30. The zero-order chi connectivity index (χ0) is 27.6. The first-order valence-electron chi connectivity index (χ1n) is 11.9. The Balaban J connectivity index is 1.91. The van der Waals surface area contributed by atoms with E-state index in [2.05, 4.69) is 15.0 Å². The van der Waals surface area contributed by atoms with Gasteiger partial charge in [0.1, 0.15) is 17.4 Å². The molecule has 0 saturated carbocycles. The summed E-state index contributed by atoms with van der Waals surface area (Å²) >= 11 is 0. The molecule has 0 radical (unpaired) electrons. The first-order chi connectivity index (χ1) is 17.2. The molecule has 0 bridgehead atoms. The third-order valence-electron chi connectivity index (χ3n) is 5.96. The Hall–Kier alpha value is -2.99. The van der Waals surface area contributed by atoms with Gasteiger partial charge in [-0.05, 0) is 75.9 Å². The van der Waals surface area contributed by atoms with Gasteiger partial charge in [-0.3, -0.25) is 9.52 Å². The van der Waals surface area contributed by atoms with E-state index in [1.165, 1.54) is 31.3 Å². The summed E-state index contributed by atoms with van der Waals surface area (Å²) in [6, 6.07) is 7.09. The fourth-order valence-electron chi connectivity index (χ4n) is 3.67. The number of sulfone groups is 1. The number of nitrogens with zero attached hydrogens (tertiary/aromatic N) is 1. The summed E-state index contributed by atoms with van der Waals surface area (Å²) < 4.78 is 71.0. The molecule has 12 heteroatoms. The van der Waals surface area contributed by atoms with E-state index in [0.29, 0.717) is 22.9 Å². The highest BCUT2D eigenvalue weighted by Crippen LogP contribution is 2.35. The minimum atomic E-state index is -3.84. The van der Waals surface area contributed by atoms with Crippen LogP contribution in [0.5, 0.6) is 0 Å². The maximum absolute atomic E-state index is 13.4. The van der Waals surface area contributed by atoms with Crippen LogP contribution in [0.2, 0.25) is 0 Å². The van der Waals surface area contributed by atoms with Gasteiger partial charge in [0, 0.05) is 12.6 Å². The third kappa shape index (κ3) is 6.48. The highest BCUT2D eigenvalue weighted by molar-refractivity contribution is 7.93. The Morgan fingerprint density at radius 1 is 1.05 bits per heavy atom. The van der Waals surface area contributed by atoms with Gasteiger partial charge in [-0.25, -0.2) is 21.2 Å². The molecule has 9 nitrogen and oxygen atoms in total. The van der Waals surface area contributed by atoms with Crippen LogP contribution in [0.4, 0.5) is 10.2 Å². The molecule has 0 spiro atoms. The quantitative estimate of drug-likeness (QED) is 0.358. The van der Waals surface area contributed by atoms with E-state index in [9.17, 15) is 26.0 Å². The highest BCUT2D eigenvalue weighted by atomic mass is 32.2. The number of anilines is 1. The number of halogens is 1. The average Bonchev–Trinajstić information content (AvgIpc) is 3.18. The predicted molar refractivity (Wildman–Crippen MR) is 142 cm³/mol.